The lowest BCUT2D eigenvalue weighted by molar-refractivity contribution is 0.509. The predicted molar refractivity (Wildman–Crippen MR) is 249 cm³/mol. The van der Waals surface area contributed by atoms with Gasteiger partial charge in [0.15, 0.2) is 0 Å². The third-order valence-corrected chi connectivity index (χ3v) is 14.4. The molecule has 0 saturated carbocycles. The minimum Gasteiger partial charge on any atom is -0.346 e. The molecule has 0 bridgehead atoms. The molecule has 4 nitrogen and oxygen atoms in total. The maximum atomic E-state index is 5.66. The van der Waals surface area contributed by atoms with Crippen LogP contribution in [0.1, 0.15) is 17.4 Å². The summed E-state index contributed by atoms with van der Waals surface area (Å²) in [6.07, 6.45) is 1.87. The topological polar surface area (TPSA) is 34.2 Å². The molecule has 1 aliphatic heterocycles. The molecule has 0 spiro atoms. The Bertz CT molecular complexity index is 3690. The lowest BCUT2D eigenvalue weighted by Gasteiger charge is -2.27. The minimum absolute atomic E-state index is 0.411. The van der Waals surface area contributed by atoms with E-state index in [0.29, 0.717) is 0 Å². The second kappa shape index (κ2) is 12.3. The van der Waals surface area contributed by atoms with Gasteiger partial charge in [0.25, 0.3) is 0 Å². The van der Waals surface area contributed by atoms with Gasteiger partial charge in [-0.25, -0.2) is 4.99 Å². The van der Waals surface area contributed by atoms with Gasteiger partial charge in [0, 0.05) is 84.4 Å². The SMILES string of the molecule is C1=C(c2cccc3c2sc2ccccc23)NC(n2c3ccccc3c3cc(-n4c5ccccc5c5ccccc54)ccc32)N=C1c1cccc2c1sc1ccccc12. The second-order valence-electron chi connectivity index (χ2n) is 15.1. The summed E-state index contributed by atoms with van der Waals surface area (Å²) in [5.74, 6) is 0. The van der Waals surface area contributed by atoms with Crippen molar-refractivity contribution in [2.75, 3.05) is 0 Å². The molecule has 13 rings (SSSR count). The number of nitrogens with one attached hydrogen (secondary N) is 1. The Morgan fingerprint density at radius 3 is 1.59 bits per heavy atom. The lowest BCUT2D eigenvalue weighted by atomic mass is 10.0. The number of hydrogen-bond donors (Lipinski definition) is 1. The first-order valence-corrected chi connectivity index (χ1v) is 21.3. The number of thiophene rings is 2. The largest absolute Gasteiger partial charge is 0.346 e. The molecule has 6 heteroatoms. The summed E-state index contributed by atoms with van der Waals surface area (Å²) in [5, 5.41) is 14.1. The Morgan fingerprint density at radius 2 is 0.931 bits per heavy atom. The maximum absolute atomic E-state index is 5.66. The first kappa shape index (κ1) is 32.1. The van der Waals surface area contributed by atoms with Crippen LogP contribution >= 0.6 is 22.7 Å². The average Bonchev–Trinajstić information content (AvgIpc) is 4.04. The van der Waals surface area contributed by atoms with Crippen molar-refractivity contribution in [2.45, 2.75) is 6.29 Å². The highest BCUT2D eigenvalue weighted by Gasteiger charge is 2.26. The molecule has 0 radical (unpaired) electrons. The third-order valence-electron chi connectivity index (χ3n) is 12.0. The first-order valence-electron chi connectivity index (χ1n) is 19.7. The molecule has 1 aliphatic rings. The fourth-order valence-electron chi connectivity index (χ4n) is 9.45. The monoisotopic (exact) mass is 776 g/mol. The molecule has 4 aromatic heterocycles. The Balaban J connectivity index is 1.05. The van der Waals surface area contributed by atoms with Crippen molar-refractivity contribution in [3.63, 3.8) is 0 Å². The van der Waals surface area contributed by atoms with Gasteiger partial charge in [0.2, 0.25) is 6.29 Å². The van der Waals surface area contributed by atoms with E-state index in [9.17, 15) is 0 Å². The van der Waals surface area contributed by atoms with E-state index in [1.54, 1.807) is 0 Å². The Kier molecular flexibility index (Phi) is 6.79. The van der Waals surface area contributed by atoms with Crippen molar-refractivity contribution in [2.24, 2.45) is 4.99 Å². The first-order chi connectivity index (χ1) is 28.8. The number of nitrogens with zero attached hydrogens (tertiary/aromatic N) is 3. The molecule has 0 saturated heterocycles. The van der Waals surface area contributed by atoms with Crippen LogP contribution in [0.15, 0.2) is 187 Å². The van der Waals surface area contributed by atoms with E-state index in [0.717, 1.165) is 33.7 Å². The number of aliphatic imine (C=N–C) groups is 1. The summed E-state index contributed by atoms with van der Waals surface area (Å²) in [6.45, 7) is 0. The normalized spacial score (nSPS) is 14.7. The highest BCUT2D eigenvalue weighted by atomic mass is 32.1. The van der Waals surface area contributed by atoms with Crippen molar-refractivity contribution >= 4 is 118 Å². The maximum Gasteiger partial charge on any atom is 0.201 e. The summed E-state index contributed by atoms with van der Waals surface area (Å²) in [5.41, 5.74) is 10.2. The molecule has 8 aromatic carbocycles. The van der Waals surface area contributed by atoms with Crippen LogP contribution in [0.25, 0.3) is 95.3 Å². The molecule has 0 aliphatic carbocycles. The van der Waals surface area contributed by atoms with Crippen molar-refractivity contribution in [1.82, 2.24) is 14.5 Å². The van der Waals surface area contributed by atoms with Crippen molar-refractivity contribution in [3.05, 3.63) is 193 Å². The zero-order chi connectivity index (χ0) is 37.9. The van der Waals surface area contributed by atoms with Gasteiger partial charge in [0.1, 0.15) is 0 Å². The zero-order valence-corrected chi connectivity index (χ0v) is 32.7. The van der Waals surface area contributed by atoms with E-state index >= 15 is 0 Å². The van der Waals surface area contributed by atoms with Crippen LogP contribution in [0.3, 0.4) is 0 Å². The van der Waals surface area contributed by atoms with Crippen LogP contribution < -0.4 is 5.32 Å². The molecular weight excluding hydrogens is 745 g/mol. The number of hydrogen-bond acceptors (Lipinski definition) is 4. The van der Waals surface area contributed by atoms with Gasteiger partial charge in [-0.05, 0) is 54.6 Å². The summed E-state index contributed by atoms with van der Waals surface area (Å²) in [7, 11) is 0. The van der Waals surface area contributed by atoms with E-state index in [2.05, 4.69) is 196 Å². The summed E-state index contributed by atoms with van der Waals surface area (Å²) in [6, 6.07) is 64.1. The Morgan fingerprint density at radius 1 is 0.431 bits per heavy atom. The lowest BCUT2D eigenvalue weighted by Crippen LogP contribution is -2.29. The fourth-order valence-corrected chi connectivity index (χ4v) is 11.9. The summed E-state index contributed by atoms with van der Waals surface area (Å²) in [4.78, 5) is 5.66. The number of fused-ring (bicyclic) bond motifs is 12. The third kappa shape index (κ3) is 4.58. The van der Waals surface area contributed by atoms with Gasteiger partial charge in [-0.2, -0.15) is 0 Å². The number of allylic oxidation sites excluding steroid dienone is 1. The number of benzene rings is 8. The number of aromatic nitrogens is 2. The van der Waals surface area contributed by atoms with E-state index in [-0.39, 0.29) is 0 Å². The Hall–Kier alpha value is -6.99. The number of para-hydroxylation sites is 3. The van der Waals surface area contributed by atoms with Crippen LogP contribution in [-0.2, 0) is 0 Å². The molecule has 58 heavy (non-hydrogen) atoms. The average molecular weight is 777 g/mol. The number of rotatable bonds is 4. The molecule has 5 heterocycles. The van der Waals surface area contributed by atoms with Crippen LogP contribution in [-0.4, -0.2) is 14.8 Å². The van der Waals surface area contributed by atoms with Crippen LogP contribution in [0.5, 0.6) is 0 Å². The van der Waals surface area contributed by atoms with Gasteiger partial charge < -0.3 is 14.5 Å². The van der Waals surface area contributed by atoms with Gasteiger partial charge in [-0.3, -0.25) is 0 Å². The fraction of sp³-hybridized carbons (Fsp3) is 0.0192. The van der Waals surface area contributed by atoms with E-state index < -0.39 is 6.29 Å². The standard InChI is InChI=1S/C52H32N4S2/c1-6-22-44-32(13-1)33-14-2-7-23-45(33)55(44)31-27-28-47-41(29-31)34-15-3-8-24-46(34)56(47)52-53-42(39-20-11-18-37-35-16-4-9-25-48(35)57-50(37)39)30-43(54-52)40-21-12-19-38-36-17-5-10-26-49(36)58-51(38)40/h1-30,52-53H. The van der Waals surface area contributed by atoms with E-state index in [1.165, 1.54) is 78.5 Å². The zero-order valence-electron chi connectivity index (χ0n) is 31.1. The molecule has 0 fully saturated rings. The van der Waals surface area contributed by atoms with Gasteiger partial charge in [0.05, 0.1) is 27.8 Å². The highest BCUT2D eigenvalue weighted by molar-refractivity contribution is 7.26. The van der Waals surface area contributed by atoms with Crippen LogP contribution in [0.4, 0.5) is 0 Å². The van der Waals surface area contributed by atoms with Crippen LogP contribution in [0, 0.1) is 0 Å². The van der Waals surface area contributed by atoms with Crippen molar-refractivity contribution < 1.29 is 0 Å². The van der Waals surface area contributed by atoms with E-state index in [1.807, 2.05) is 22.7 Å². The molecule has 1 N–H and O–H groups in total. The Labute approximate surface area is 340 Å². The van der Waals surface area contributed by atoms with Crippen LogP contribution in [0.2, 0.25) is 0 Å². The summed E-state index contributed by atoms with van der Waals surface area (Å²) >= 11 is 3.71. The van der Waals surface area contributed by atoms with Gasteiger partial charge >= 0.3 is 0 Å². The van der Waals surface area contributed by atoms with E-state index in [4.69, 9.17) is 4.99 Å². The quantitative estimate of drug-likeness (QED) is 0.190. The highest BCUT2D eigenvalue weighted by Crippen LogP contribution is 2.42. The predicted octanol–water partition coefficient (Wildman–Crippen LogP) is 14.2. The molecular formula is C52H32N4S2. The minimum atomic E-state index is -0.411. The molecule has 0 amide bonds. The second-order valence-corrected chi connectivity index (χ2v) is 17.2. The molecule has 12 aromatic rings. The van der Waals surface area contributed by atoms with Gasteiger partial charge in [-0.1, -0.05) is 127 Å². The molecule has 272 valence electrons. The van der Waals surface area contributed by atoms with Gasteiger partial charge in [-0.15, -0.1) is 22.7 Å². The smallest absolute Gasteiger partial charge is 0.201 e. The summed E-state index contributed by atoms with van der Waals surface area (Å²) < 4.78 is 9.94. The molecule has 1 atom stereocenters. The van der Waals surface area contributed by atoms with Crippen molar-refractivity contribution in [3.8, 4) is 5.69 Å². The van der Waals surface area contributed by atoms with Crippen molar-refractivity contribution in [1.29, 1.82) is 0 Å². The molecule has 1 unspecified atom stereocenters.